The van der Waals surface area contributed by atoms with Gasteiger partial charge in [-0.25, -0.2) is 0 Å². The number of anilines is 1. The second kappa shape index (κ2) is 6.69. The predicted molar refractivity (Wildman–Crippen MR) is 102 cm³/mol. The van der Waals surface area contributed by atoms with E-state index in [0.717, 1.165) is 22.7 Å². The number of nitrogens with one attached hydrogen (secondary N) is 1. The largest absolute Gasteiger partial charge is 0.493 e. The van der Waals surface area contributed by atoms with Gasteiger partial charge in [-0.15, -0.1) is 0 Å². The molecule has 1 N–H and O–H groups in total. The molecule has 5 heteroatoms. The normalized spacial score (nSPS) is 23.0. The molecule has 2 aromatic rings. The van der Waals surface area contributed by atoms with Gasteiger partial charge in [-0.05, 0) is 41.7 Å². The van der Waals surface area contributed by atoms with Crippen LogP contribution in [0.3, 0.4) is 0 Å². The minimum atomic E-state index is -0.368. The molecule has 134 valence electrons. The number of hydrogen-bond donors (Lipinski definition) is 1. The fourth-order valence-electron chi connectivity index (χ4n) is 4.03. The first kappa shape index (κ1) is 17.0. The van der Waals surface area contributed by atoms with Crippen LogP contribution in [0.4, 0.5) is 5.69 Å². The molecule has 0 fully saturated rings. The fourth-order valence-corrected chi connectivity index (χ4v) is 4.27. The van der Waals surface area contributed by atoms with Crippen LogP contribution in [0.2, 0.25) is 5.02 Å². The van der Waals surface area contributed by atoms with Crippen LogP contribution < -0.4 is 14.8 Å². The Morgan fingerprint density at radius 1 is 1.23 bits per heavy atom. The van der Waals surface area contributed by atoms with Gasteiger partial charge < -0.3 is 14.8 Å². The molecular formula is C21H20ClNO3. The molecule has 3 unspecified atom stereocenters. The zero-order valence-corrected chi connectivity index (χ0v) is 15.4. The molecule has 2 aromatic carbocycles. The van der Waals surface area contributed by atoms with E-state index >= 15 is 0 Å². The third-order valence-corrected chi connectivity index (χ3v) is 5.46. The highest BCUT2D eigenvalue weighted by atomic mass is 35.5. The van der Waals surface area contributed by atoms with Crippen molar-refractivity contribution in [3.05, 3.63) is 64.7 Å². The molecule has 0 amide bonds. The fraction of sp³-hybridized carbons (Fsp3) is 0.286. The Labute approximate surface area is 157 Å². The molecule has 1 aliphatic carbocycles. The molecule has 0 spiro atoms. The average molecular weight is 370 g/mol. The number of ether oxygens (including phenoxy) is 2. The van der Waals surface area contributed by atoms with Crippen molar-refractivity contribution in [1.82, 2.24) is 0 Å². The number of carbonyl (C=O) groups is 1. The number of halogens is 1. The molecule has 26 heavy (non-hydrogen) atoms. The zero-order valence-electron chi connectivity index (χ0n) is 14.7. The van der Waals surface area contributed by atoms with E-state index in [1.807, 2.05) is 24.3 Å². The summed E-state index contributed by atoms with van der Waals surface area (Å²) >= 11 is 6.46. The highest BCUT2D eigenvalue weighted by molar-refractivity contribution is 6.33. The van der Waals surface area contributed by atoms with Crippen LogP contribution in [-0.2, 0) is 4.79 Å². The standard InChI is InChI=1S/C21H20ClNO3/c1-12(24)26-18-10-9-13(11-19(18)25-2)20-15-6-3-5-14(15)16-7-4-8-17(22)21(16)23-20/h3-5,7-11,14-15,20,23H,6H2,1-2H3. The number of fused-ring (bicyclic) bond motifs is 3. The average Bonchev–Trinajstić information content (AvgIpc) is 3.11. The van der Waals surface area contributed by atoms with Gasteiger partial charge in [0.2, 0.25) is 0 Å². The van der Waals surface area contributed by atoms with Crippen molar-refractivity contribution < 1.29 is 14.3 Å². The first-order chi connectivity index (χ1) is 12.6. The molecule has 0 aromatic heterocycles. The highest BCUT2D eigenvalue weighted by Gasteiger charge is 2.38. The van der Waals surface area contributed by atoms with Gasteiger partial charge in [0.05, 0.1) is 23.9 Å². The summed E-state index contributed by atoms with van der Waals surface area (Å²) in [6.07, 6.45) is 5.52. The number of rotatable bonds is 3. The highest BCUT2D eigenvalue weighted by Crippen LogP contribution is 2.52. The van der Waals surface area contributed by atoms with Crippen LogP contribution in [0.1, 0.15) is 36.4 Å². The van der Waals surface area contributed by atoms with Crippen LogP contribution in [0.25, 0.3) is 0 Å². The van der Waals surface area contributed by atoms with Crippen molar-refractivity contribution in [3.8, 4) is 11.5 Å². The molecule has 0 bridgehead atoms. The number of para-hydroxylation sites is 1. The number of methoxy groups -OCH3 is 1. The lowest BCUT2D eigenvalue weighted by Gasteiger charge is -2.38. The van der Waals surface area contributed by atoms with Gasteiger partial charge in [0.1, 0.15) is 0 Å². The molecular weight excluding hydrogens is 350 g/mol. The Morgan fingerprint density at radius 2 is 2.08 bits per heavy atom. The summed E-state index contributed by atoms with van der Waals surface area (Å²) in [4.78, 5) is 11.3. The lowest BCUT2D eigenvalue weighted by molar-refractivity contribution is -0.132. The number of hydrogen-bond acceptors (Lipinski definition) is 4. The van der Waals surface area contributed by atoms with Crippen LogP contribution in [0.5, 0.6) is 11.5 Å². The van der Waals surface area contributed by atoms with Crippen LogP contribution in [-0.4, -0.2) is 13.1 Å². The number of allylic oxidation sites excluding steroid dienone is 2. The summed E-state index contributed by atoms with van der Waals surface area (Å²) in [7, 11) is 1.58. The number of esters is 1. The van der Waals surface area contributed by atoms with E-state index in [-0.39, 0.29) is 12.0 Å². The van der Waals surface area contributed by atoms with Crippen LogP contribution in [0, 0.1) is 5.92 Å². The van der Waals surface area contributed by atoms with E-state index in [1.165, 1.54) is 12.5 Å². The monoisotopic (exact) mass is 369 g/mol. The molecule has 4 nitrogen and oxygen atoms in total. The maximum absolute atomic E-state index is 11.3. The molecule has 3 atom stereocenters. The van der Waals surface area contributed by atoms with E-state index in [0.29, 0.717) is 23.3 Å². The Bertz CT molecular complexity index is 893. The SMILES string of the molecule is COc1cc(C2Nc3c(Cl)cccc3C3C=CCC32)ccc1OC(C)=O. The second-order valence-electron chi connectivity index (χ2n) is 6.68. The van der Waals surface area contributed by atoms with Gasteiger partial charge in [0.25, 0.3) is 0 Å². The smallest absolute Gasteiger partial charge is 0.308 e. The summed E-state index contributed by atoms with van der Waals surface area (Å²) < 4.78 is 10.7. The van der Waals surface area contributed by atoms with Crippen molar-refractivity contribution >= 4 is 23.3 Å². The summed E-state index contributed by atoms with van der Waals surface area (Å²) in [5, 5.41) is 4.36. The maximum Gasteiger partial charge on any atom is 0.308 e. The summed E-state index contributed by atoms with van der Waals surface area (Å²) in [5.41, 5.74) is 3.33. The summed E-state index contributed by atoms with van der Waals surface area (Å²) in [6, 6.07) is 11.9. The van der Waals surface area contributed by atoms with Crippen molar-refractivity contribution in [2.75, 3.05) is 12.4 Å². The zero-order chi connectivity index (χ0) is 18.3. The molecule has 0 saturated heterocycles. The van der Waals surface area contributed by atoms with Gasteiger partial charge in [-0.3, -0.25) is 4.79 Å². The van der Waals surface area contributed by atoms with E-state index in [1.54, 1.807) is 13.2 Å². The van der Waals surface area contributed by atoms with Gasteiger partial charge in [-0.2, -0.15) is 0 Å². The van der Waals surface area contributed by atoms with Gasteiger partial charge in [0.15, 0.2) is 11.5 Å². The lowest BCUT2D eigenvalue weighted by atomic mass is 9.77. The molecule has 0 radical (unpaired) electrons. The minimum Gasteiger partial charge on any atom is -0.493 e. The van der Waals surface area contributed by atoms with Gasteiger partial charge in [-0.1, -0.05) is 42.0 Å². The van der Waals surface area contributed by atoms with E-state index in [4.69, 9.17) is 21.1 Å². The first-order valence-electron chi connectivity index (χ1n) is 8.66. The molecule has 1 heterocycles. The summed E-state index contributed by atoms with van der Waals surface area (Å²) in [5.74, 6) is 1.36. The maximum atomic E-state index is 11.3. The third kappa shape index (κ3) is 2.84. The Kier molecular flexibility index (Phi) is 4.37. The lowest BCUT2D eigenvalue weighted by Crippen LogP contribution is -2.29. The van der Waals surface area contributed by atoms with Crippen molar-refractivity contribution in [2.45, 2.75) is 25.3 Å². The number of benzene rings is 2. The number of carbonyl (C=O) groups excluding carboxylic acids is 1. The second-order valence-corrected chi connectivity index (χ2v) is 7.09. The van der Waals surface area contributed by atoms with Gasteiger partial charge >= 0.3 is 5.97 Å². The van der Waals surface area contributed by atoms with E-state index in [9.17, 15) is 4.79 Å². The molecule has 1 aliphatic heterocycles. The topological polar surface area (TPSA) is 47.6 Å². The van der Waals surface area contributed by atoms with Crippen molar-refractivity contribution in [2.24, 2.45) is 5.92 Å². The van der Waals surface area contributed by atoms with Crippen molar-refractivity contribution in [3.63, 3.8) is 0 Å². The first-order valence-corrected chi connectivity index (χ1v) is 9.04. The third-order valence-electron chi connectivity index (χ3n) is 5.15. The van der Waals surface area contributed by atoms with Crippen LogP contribution in [0.15, 0.2) is 48.6 Å². The quantitative estimate of drug-likeness (QED) is 0.464. The minimum absolute atomic E-state index is 0.0997. The molecule has 0 saturated carbocycles. The van der Waals surface area contributed by atoms with Gasteiger partial charge in [0, 0.05) is 12.8 Å². The molecule has 2 aliphatic rings. The van der Waals surface area contributed by atoms with Crippen LogP contribution >= 0.6 is 11.6 Å². The van der Waals surface area contributed by atoms with E-state index < -0.39 is 0 Å². The molecule has 4 rings (SSSR count). The summed E-state index contributed by atoms with van der Waals surface area (Å²) in [6.45, 7) is 1.38. The predicted octanol–water partition coefficient (Wildman–Crippen LogP) is 5.10. The van der Waals surface area contributed by atoms with Crippen molar-refractivity contribution in [1.29, 1.82) is 0 Å². The Morgan fingerprint density at radius 3 is 2.85 bits per heavy atom. The Hall–Kier alpha value is -2.46. The van der Waals surface area contributed by atoms with E-state index in [2.05, 4.69) is 23.5 Å². The Balaban J connectivity index is 1.74.